The summed E-state index contributed by atoms with van der Waals surface area (Å²) in [5.41, 5.74) is 2.61. The Kier molecular flexibility index (Phi) is 4.94. The molecule has 2 aromatic rings. The minimum absolute atomic E-state index is 0.00878. The quantitative estimate of drug-likeness (QED) is 0.893. The molecule has 1 fully saturated rings. The predicted octanol–water partition coefficient (Wildman–Crippen LogP) is 3.32. The minimum atomic E-state index is -2.87. The number of nitrogens with zero attached hydrogens (tertiary/aromatic N) is 2. The third-order valence-corrected chi connectivity index (χ3v) is 5.01. The molecule has 1 N–H and O–H groups in total. The van der Waals surface area contributed by atoms with Crippen LogP contribution in [0.3, 0.4) is 0 Å². The molecule has 1 unspecified atom stereocenters. The van der Waals surface area contributed by atoms with Crippen LogP contribution in [0.5, 0.6) is 5.75 Å². The number of carbonyl (C=O) groups is 1. The molecule has 0 spiro atoms. The minimum Gasteiger partial charge on any atom is -0.435 e. The van der Waals surface area contributed by atoms with Crippen molar-refractivity contribution in [2.45, 2.75) is 25.6 Å². The predicted molar refractivity (Wildman–Crippen MR) is 99.2 cm³/mol. The second-order valence-electron chi connectivity index (χ2n) is 6.88. The van der Waals surface area contributed by atoms with Crippen LogP contribution in [0.4, 0.5) is 20.2 Å². The highest BCUT2D eigenvalue weighted by Gasteiger charge is 2.33. The lowest BCUT2D eigenvalue weighted by Gasteiger charge is -2.42. The molecule has 27 heavy (non-hydrogen) atoms. The van der Waals surface area contributed by atoms with Crippen molar-refractivity contribution in [1.82, 2.24) is 4.90 Å². The number of alkyl halides is 2. The van der Waals surface area contributed by atoms with E-state index in [4.69, 9.17) is 0 Å². The lowest BCUT2D eigenvalue weighted by Crippen LogP contribution is -2.53. The first-order valence-electron chi connectivity index (χ1n) is 9.00. The molecule has 0 saturated carbocycles. The summed E-state index contributed by atoms with van der Waals surface area (Å²) in [5.74, 6) is 0.0400. The number of rotatable bonds is 4. The molecule has 1 atom stereocenters. The highest BCUT2D eigenvalue weighted by molar-refractivity contribution is 5.97. The molecule has 1 amide bonds. The van der Waals surface area contributed by atoms with Gasteiger partial charge in [-0.25, -0.2) is 0 Å². The molecular formula is C20H21F2N3O2. The van der Waals surface area contributed by atoms with E-state index in [2.05, 4.69) is 32.0 Å². The van der Waals surface area contributed by atoms with Crippen LogP contribution in [-0.4, -0.2) is 43.1 Å². The molecule has 2 aliphatic heterocycles. The van der Waals surface area contributed by atoms with Gasteiger partial charge >= 0.3 is 6.61 Å². The maximum absolute atomic E-state index is 12.6. The second-order valence-corrected chi connectivity index (χ2v) is 6.88. The number of amides is 1. The van der Waals surface area contributed by atoms with E-state index in [1.807, 2.05) is 18.2 Å². The van der Waals surface area contributed by atoms with E-state index < -0.39 is 6.61 Å². The van der Waals surface area contributed by atoms with Crippen molar-refractivity contribution in [3.05, 3.63) is 54.1 Å². The Morgan fingerprint density at radius 1 is 1.15 bits per heavy atom. The van der Waals surface area contributed by atoms with Crippen molar-refractivity contribution < 1.29 is 18.3 Å². The van der Waals surface area contributed by atoms with Crippen LogP contribution >= 0.6 is 0 Å². The van der Waals surface area contributed by atoms with Crippen molar-refractivity contribution >= 4 is 17.3 Å². The van der Waals surface area contributed by atoms with Gasteiger partial charge in [-0.15, -0.1) is 0 Å². The average molecular weight is 373 g/mol. The van der Waals surface area contributed by atoms with Crippen LogP contribution in [0.25, 0.3) is 0 Å². The van der Waals surface area contributed by atoms with Crippen LogP contribution in [0.15, 0.2) is 48.5 Å². The Bertz CT molecular complexity index is 816. The molecule has 5 nitrogen and oxygen atoms in total. The van der Waals surface area contributed by atoms with Crippen molar-refractivity contribution in [2.24, 2.45) is 0 Å². The summed E-state index contributed by atoms with van der Waals surface area (Å²) >= 11 is 0. The zero-order chi connectivity index (χ0) is 18.8. The number of halogens is 2. The fourth-order valence-corrected chi connectivity index (χ4v) is 3.84. The Morgan fingerprint density at radius 2 is 1.96 bits per heavy atom. The van der Waals surface area contributed by atoms with Crippen molar-refractivity contribution in [2.75, 3.05) is 29.9 Å². The molecule has 2 heterocycles. The van der Waals surface area contributed by atoms with Crippen LogP contribution in [0.1, 0.15) is 12.0 Å². The Balaban J connectivity index is 1.55. The number of hydrogen-bond acceptors (Lipinski definition) is 4. The molecule has 142 valence electrons. The van der Waals surface area contributed by atoms with Crippen molar-refractivity contribution in [3.63, 3.8) is 0 Å². The molecule has 4 rings (SSSR count). The summed E-state index contributed by atoms with van der Waals surface area (Å²) in [6.45, 7) is 0.244. The number of benzene rings is 2. The summed E-state index contributed by atoms with van der Waals surface area (Å²) in [7, 11) is 0. The number of ether oxygens (including phenoxy) is 1. The van der Waals surface area contributed by atoms with Crippen LogP contribution in [0, 0.1) is 0 Å². The third kappa shape index (κ3) is 4.03. The molecule has 0 bridgehead atoms. The van der Waals surface area contributed by atoms with E-state index in [0.717, 1.165) is 31.9 Å². The van der Waals surface area contributed by atoms with Gasteiger partial charge in [-0.3, -0.25) is 9.69 Å². The summed E-state index contributed by atoms with van der Waals surface area (Å²) in [6, 6.07) is 14.9. The van der Waals surface area contributed by atoms with E-state index >= 15 is 0 Å². The van der Waals surface area contributed by atoms with Crippen molar-refractivity contribution in [1.29, 1.82) is 0 Å². The van der Waals surface area contributed by atoms with Gasteiger partial charge < -0.3 is 15.0 Å². The maximum Gasteiger partial charge on any atom is 0.387 e. The van der Waals surface area contributed by atoms with Gasteiger partial charge in [-0.1, -0.05) is 30.3 Å². The highest BCUT2D eigenvalue weighted by atomic mass is 19.3. The fraction of sp³-hybridized carbons (Fsp3) is 0.350. The molecule has 2 aliphatic rings. The van der Waals surface area contributed by atoms with Crippen LogP contribution in [0.2, 0.25) is 0 Å². The number of anilines is 2. The summed E-state index contributed by atoms with van der Waals surface area (Å²) in [6.07, 6.45) is 0.366. The standard InChI is InChI=1S/C20H21F2N3O2/c21-20(22)27-16-6-7-17-18(11-16)25-9-8-24(12-14-4-2-1-3-5-14)13-15(25)10-19(26)23-17/h1-7,11,15,20H,8-10,12-13H2,(H,23,26). The zero-order valence-corrected chi connectivity index (χ0v) is 14.8. The first-order chi connectivity index (χ1) is 13.1. The zero-order valence-electron chi connectivity index (χ0n) is 14.8. The number of hydrogen-bond donors (Lipinski definition) is 1. The number of piperazine rings is 1. The van der Waals surface area contributed by atoms with Gasteiger partial charge in [-0.05, 0) is 17.7 Å². The molecule has 0 aromatic heterocycles. The van der Waals surface area contributed by atoms with Gasteiger partial charge in [-0.2, -0.15) is 8.78 Å². The first kappa shape index (κ1) is 17.7. The van der Waals surface area contributed by atoms with Crippen LogP contribution in [-0.2, 0) is 11.3 Å². The van der Waals surface area contributed by atoms with E-state index in [1.165, 1.54) is 11.6 Å². The lowest BCUT2D eigenvalue weighted by molar-refractivity contribution is -0.116. The molecule has 0 aliphatic carbocycles. The van der Waals surface area contributed by atoms with Gasteiger partial charge in [0.15, 0.2) is 0 Å². The second kappa shape index (κ2) is 7.52. The lowest BCUT2D eigenvalue weighted by atomic mass is 10.1. The largest absolute Gasteiger partial charge is 0.435 e. The van der Waals surface area contributed by atoms with Crippen molar-refractivity contribution in [3.8, 4) is 5.75 Å². The summed E-state index contributed by atoms with van der Waals surface area (Å²) in [4.78, 5) is 16.8. The first-order valence-corrected chi connectivity index (χ1v) is 9.00. The molecular weight excluding hydrogens is 352 g/mol. The highest BCUT2D eigenvalue weighted by Crippen LogP contribution is 2.36. The van der Waals surface area contributed by atoms with Gasteiger partial charge in [0, 0.05) is 38.7 Å². The molecule has 2 aromatic carbocycles. The number of fused-ring (bicyclic) bond motifs is 3. The van der Waals surface area contributed by atoms with E-state index in [1.54, 1.807) is 12.1 Å². The maximum atomic E-state index is 12.6. The smallest absolute Gasteiger partial charge is 0.387 e. The summed E-state index contributed by atoms with van der Waals surface area (Å²) < 4.78 is 29.7. The molecule has 7 heteroatoms. The number of nitrogens with one attached hydrogen (secondary N) is 1. The van der Waals surface area contributed by atoms with Gasteiger partial charge in [0.25, 0.3) is 0 Å². The Labute approximate surface area is 156 Å². The third-order valence-electron chi connectivity index (χ3n) is 5.01. The van der Waals surface area contributed by atoms with Crippen LogP contribution < -0.4 is 15.0 Å². The average Bonchev–Trinajstić information content (AvgIpc) is 2.77. The Hall–Kier alpha value is -2.67. The topological polar surface area (TPSA) is 44.8 Å². The summed E-state index contributed by atoms with van der Waals surface area (Å²) in [5, 5.41) is 2.88. The SMILES string of the molecule is O=C1CC2CN(Cc3ccccc3)CCN2c2cc(OC(F)F)ccc2N1. The monoisotopic (exact) mass is 373 g/mol. The molecule has 1 saturated heterocycles. The van der Waals surface area contributed by atoms with E-state index in [0.29, 0.717) is 12.1 Å². The number of carbonyl (C=O) groups excluding carboxylic acids is 1. The van der Waals surface area contributed by atoms with E-state index in [9.17, 15) is 13.6 Å². The fourth-order valence-electron chi connectivity index (χ4n) is 3.84. The Morgan fingerprint density at radius 3 is 2.74 bits per heavy atom. The van der Waals surface area contributed by atoms with Gasteiger partial charge in [0.2, 0.25) is 5.91 Å². The van der Waals surface area contributed by atoms with Gasteiger partial charge in [0.05, 0.1) is 17.4 Å². The van der Waals surface area contributed by atoms with E-state index in [-0.39, 0.29) is 17.7 Å². The normalized spacial score (nSPS) is 19.9. The van der Waals surface area contributed by atoms with Gasteiger partial charge in [0.1, 0.15) is 5.75 Å². The molecule has 0 radical (unpaired) electrons.